The lowest BCUT2D eigenvalue weighted by molar-refractivity contribution is -0.118. The summed E-state index contributed by atoms with van der Waals surface area (Å²) in [6.07, 6.45) is 0. The van der Waals surface area contributed by atoms with Crippen molar-refractivity contribution in [2.75, 3.05) is 11.9 Å². The van der Waals surface area contributed by atoms with Crippen molar-refractivity contribution in [1.29, 1.82) is 0 Å². The minimum atomic E-state index is -0.288. The smallest absolute Gasteiger partial charge is 0.262 e. The average Bonchev–Trinajstić information content (AvgIpc) is 2.49. The molecule has 0 heterocycles. The first-order valence-electron chi connectivity index (χ1n) is 6.47. The molecule has 0 atom stereocenters. The van der Waals surface area contributed by atoms with E-state index in [1.54, 1.807) is 42.5 Å². The van der Waals surface area contributed by atoms with Crippen molar-refractivity contribution in [3.63, 3.8) is 0 Å². The number of amides is 1. The first kappa shape index (κ1) is 15.4. The molecule has 1 amide bonds. The Morgan fingerprint density at radius 1 is 1.29 bits per heavy atom. The maximum absolute atomic E-state index is 11.9. The number of rotatable bonds is 5. The molecule has 4 nitrogen and oxygen atoms in total. The zero-order chi connectivity index (χ0) is 15.2. The molecule has 2 aromatic rings. The van der Waals surface area contributed by atoms with Gasteiger partial charge in [0.1, 0.15) is 5.75 Å². The van der Waals surface area contributed by atoms with Crippen molar-refractivity contribution < 1.29 is 14.6 Å². The fourth-order valence-corrected chi connectivity index (χ4v) is 1.94. The molecular weight excluding hydrogens is 290 g/mol. The average molecular weight is 306 g/mol. The normalized spacial score (nSPS) is 10.2. The van der Waals surface area contributed by atoms with Gasteiger partial charge in [-0.2, -0.15) is 0 Å². The third-order valence-corrected chi connectivity index (χ3v) is 3.39. The highest BCUT2D eigenvalue weighted by Crippen LogP contribution is 2.21. The van der Waals surface area contributed by atoms with E-state index < -0.39 is 0 Å². The SMILES string of the molecule is Cc1cc(OCC(=O)Nc2ccccc2CO)ccc1Cl. The van der Waals surface area contributed by atoms with Gasteiger partial charge in [0.15, 0.2) is 6.61 Å². The number of ether oxygens (including phenoxy) is 1. The number of anilines is 1. The Morgan fingerprint density at radius 3 is 2.76 bits per heavy atom. The van der Waals surface area contributed by atoms with E-state index in [4.69, 9.17) is 16.3 Å². The second kappa shape index (κ2) is 7.11. The monoisotopic (exact) mass is 305 g/mol. The van der Waals surface area contributed by atoms with Gasteiger partial charge in [-0.3, -0.25) is 4.79 Å². The third kappa shape index (κ3) is 4.21. The molecule has 2 N–H and O–H groups in total. The Hall–Kier alpha value is -2.04. The predicted octanol–water partition coefficient (Wildman–Crippen LogP) is 3.16. The van der Waals surface area contributed by atoms with Crippen LogP contribution in [0, 0.1) is 6.92 Å². The van der Waals surface area contributed by atoms with Crippen molar-refractivity contribution in [1.82, 2.24) is 0 Å². The van der Waals surface area contributed by atoms with E-state index in [0.29, 0.717) is 22.0 Å². The number of halogens is 1. The molecule has 0 radical (unpaired) electrons. The summed E-state index contributed by atoms with van der Waals surface area (Å²) < 4.78 is 5.42. The van der Waals surface area contributed by atoms with Crippen LogP contribution in [0.2, 0.25) is 5.02 Å². The predicted molar refractivity (Wildman–Crippen MR) is 82.7 cm³/mol. The Morgan fingerprint density at radius 2 is 2.05 bits per heavy atom. The molecule has 5 heteroatoms. The Bertz CT molecular complexity index is 643. The van der Waals surface area contributed by atoms with Gasteiger partial charge >= 0.3 is 0 Å². The minimum absolute atomic E-state index is 0.110. The second-order valence-electron chi connectivity index (χ2n) is 4.56. The summed E-state index contributed by atoms with van der Waals surface area (Å²) in [5, 5.41) is 12.6. The number of para-hydroxylation sites is 1. The van der Waals surface area contributed by atoms with Gasteiger partial charge in [-0.25, -0.2) is 0 Å². The van der Waals surface area contributed by atoms with E-state index in [-0.39, 0.29) is 19.1 Å². The maximum Gasteiger partial charge on any atom is 0.262 e. The van der Waals surface area contributed by atoms with Crippen LogP contribution in [0.4, 0.5) is 5.69 Å². The number of hydrogen-bond donors (Lipinski definition) is 2. The lowest BCUT2D eigenvalue weighted by Crippen LogP contribution is -2.20. The van der Waals surface area contributed by atoms with Gasteiger partial charge in [0.2, 0.25) is 0 Å². The van der Waals surface area contributed by atoms with Crippen LogP contribution in [-0.4, -0.2) is 17.6 Å². The Balaban J connectivity index is 1.94. The fourth-order valence-electron chi connectivity index (χ4n) is 1.82. The standard InChI is InChI=1S/C16H16ClNO3/c1-11-8-13(6-7-14(11)17)21-10-16(20)18-15-5-3-2-4-12(15)9-19/h2-8,19H,9-10H2,1H3,(H,18,20). The molecule has 0 aliphatic carbocycles. The lowest BCUT2D eigenvalue weighted by atomic mass is 10.2. The zero-order valence-electron chi connectivity index (χ0n) is 11.6. The summed E-state index contributed by atoms with van der Waals surface area (Å²) in [7, 11) is 0. The largest absolute Gasteiger partial charge is 0.484 e. The highest BCUT2D eigenvalue weighted by atomic mass is 35.5. The van der Waals surface area contributed by atoms with Crippen LogP contribution < -0.4 is 10.1 Å². The van der Waals surface area contributed by atoms with Gasteiger partial charge in [-0.05, 0) is 36.8 Å². The van der Waals surface area contributed by atoms with Gasteiger partial charge in [0.05, 0.1) is 6.61 Å². The summed E-state index contributed by atoms with van der Waals surface area (Å²) >= 11 is 5.93. The highest BCUT2D eigenvalue weighted by molar-refractivity contribution is 6.31. The number of benzene rings is 2. The van der Waals surface area contributed by atoms with Gasteiger partial charge in [0.25, 0.3) is 5.91 Å². The molecule has 0 aliphatic rings. The molecule has 110 valence electrons. The van der Waals surface area contributed by atoms with E-state index in [9.17, 15) is 9.90 Å². The van der Waals surface area contributed by atoms with Gasteiger partial charge in [-0.1, -0.05) is 29.8 Å². The molecule has 0 aromatic heterocycles. The number of carbonyl (C=O) groups is 1. The van der Waals surface area contributed by atoms with Crippen LogP contribution in [0.1, 0.15) is 11.1 Å². The highest BCUT2D eigenvalue weighted by Gasteiger charge is 2.07. The zero-order valence-corrected chi connectivity index (χ0v) is 12.4. The number of nitrogens with one attached hydrogen (secondary N) is 1. The number of hydrogen-bond acceptors (Lipinski definition) is 3. The van der Waals surface area contributed by atoms with Gasteiger partial charge in [0, 0.05) is 16.3 Å². The van der Waals surface area contributed by atoms with Crippen LogP contribution in [0.3, 0.4) is 0 Å². The molecule has 0 aliphatic heterocycles. The van der Waals surface area contributed by atoms with Crippen LogP contribution >= 0.6 is 11.6 Å². The first-order chi connectivity index (χ1) is 10.1. The summed E-state index contributed by atoms with van der Waals surface area (Å²) in [6.45, 7) is 1.63. The van der Waals surface area contributed by atoms with E-state index in [2.05, 4.69) is 5.32 Å². The van der Waals surface area contributed by atoms with Crippen LogP contribution in [0.25, 0.3) is 0 Å². The van der Waals surface area contributed by atoms with Crippen molar-refractivity contribution in [3.8, 4) is 5.75 Å². The van der Waals surface area contributed by atoms with Crippen LogP contribution in [-0.2, 0) is 11.4 Å². The molecule has 0 fully saturated rings. The number of aliphatic hydroxyl groups is 1. The second-order valence-corrected chi connectivity index (χ2v) is 4.97. The van der Waals surface area contributed by atoms with Crippen molar-refractivity contribution in [2.24, 2.45) is 0 Å². The summed E-state index contributed by atoms with van der Waals surface area (Å²) in [5.74, 6) is 0.297. The fraction of sp³-hybridized carbons (Fsp3) is 0.188. The quantitative estimate of drug-likeness (QED) is 0.892. The molecule has 0 unspecified atom stereocenters. The molecule has 0 bridgehead atoms. The maximum atomic E-state index is 11.9. The first-order valence-corrected chi connectivity index (χ1v) is 6.85. The van der Waals surface area contributed by atoms with E-state index in [0.717, 1.165) is 5.56 Å². The van der Waals surface area contributed by atoms with Gasteiger partial charge < -0.3 is 15.2 Å². The lowest BCUT2D eigenvalue weighted by Gasteiger charge is -2.10. The topological polar surface area (TPSA) is 58.6 Å². The summed E-state index contributed by atoms with van der Waals surface area (Å²) in [5.41, 5.74) is 2.13. The number of aliphatic hydroxyl groups excluding tert-OH is 1. The summed E-state index contributed by atoms with van der Waals surface area (Å²) in [6, 6.07) is 12.3. The molecule has 21 heavy (non-hydrogen) atoms. The third-order valence-electron chi connectivity index (χ3n) is 2.96. The summed E-state index contributed by atoms with van der Waals surface area (Å²) in [4.78, 5) is 11.9. The van der Waals surface area contributed by atoms with Crippen LogP contribution in [0.5, 0.6) is 5.75 Å². The number of carbonyl (C=O) groups excluding carboxylic acids is 1. The van der Waals surface area contributed by atoms with Crippen molar-refractivity contribution >= 4 is 23.2 Å². The van der Waals surface area contributed by atoms with Gasteiger partial charge in [-0.15, -0.1) is 0 Å². The minimum Gasteiger partial charge on any atom is -0.484 e. The van der Waals surface area contributed by atoms with E-state index in [1.807, 2.05) is 6.92 Å². The molecule has 0 saturated carbocycles. The molecule has 0 saturated heterocycles. The molecular formula is C16H16ClNO3. The van der Waals surface area contributed by atoms with Crippen LogP contribution in [0.15, 0.2) is 42.5 Å². The Labute approximate surface area is 128 Å². The molecule has 2 rings (SSSR count). The Kier molecular flexibility index (Phi) is 5.20. The van der Waals surface area contributed by atoms with Crippen molar-refractivity contribution in [2.45, 2.75) is 13.5 Å². The van der Waals surface area contributed by atoms with E-state index in [1.165, 1.54) is 0 Å². The molecule has 0 spiro atoms. The van der Waals surface area contributed by atoms with Crippen molar-refractivity contribution in [3.05, 3.63) is 58.6 Å². The molecule has 2 aromatic carbocycles. The number of aryl methyl sites for hydroxylation is 1. The van der Waals surface area contributed by atoms with E-state index >= 15 is 0 Å².